The minimum atomic E-state index is -0.254. The summed E-state index contributed by atoms with van der Waals surface area (Å²) in [6.45, 7) is 0.451. The molecule has 0 bridgehead atoms. The predicted molar refractivity (Wildman–Crippen MR) is 56.6 cm³/mol. The Labute approximate surface area is 88.1 Å². The lowest BCUT2D eigenvalue weighted by Gasteiger charge is -2.15. The number of hydrogen-bond acceptors (Lipinski definition) is 3. The van der Waals surface area contributed by atoms with Gasteiger partial charge in [-0.1, -0.05) is 12.1 Å². The Morgan fingerprint density at radius 3 is 2.67 bits per heavy atom. The summed E-state index contributed by atoms with van der Waals surface area (Å²) in [5.74, 6) is -0.251. The molecule has 15 heavy (non-hydrogen) atoms. The molecule has 0 atom stereocenters. The second-order valence-electron chi connectivity index (χ2n) is 3.96. The number of rotatable bonds is 3. The quantitative estimate of drug-likeness (QED) is 0.678. The number of benzene rings is 1. The summed E-state index contributed by atoms with van der Waals surface area (Å²) >= 11 is 0. The number of carbonyl (C=O) groups is 1. The molecule has 4 heteroatoms. The first-order valence-electron chi connectivity index (χ1n) is 4.97. The fourth-order valence-electron chi connectivity index (χ4n) is 1.50. The van der Waals surface area contributed by atoms with Gasteiger partial charge < -0.3 is 16.2 Å². The van der Waals surface area contributed by atoms with E-state index in [2.05, 4.69) is 5.32 Å². The molecular weight excluding hydrogens is 192 g/mol. The first kappa shape index (κ1) is 9.98. The standard InChI is InChI=1S/C11H14N2O2/c12-7-11(5-6-11)13-10(15)8-3-1-2-4-9(8)14/h1-4,14H,5-7,12H2,(H,13,15). The summed E-state index contributed by atoms with van der Waals surface area (Å²) in [5, 5.41) is 12.3. The van der Waals surface area contributed by atoms with Crippen LogP contribution in [-0.4, -0.2) is 23.1 Å². The molecule has 1 aliphatic rings. The minimum absolute atomic E-state index is 0.00261. The van der Waals surface area contributed by atoms with E-state index in [1.165, 1.54) is 6.07 Å². The summed E-state index contributed by atoms with van der Waals surface area (Å²) in [4.78, 5) is 11.8. The van der Waals surface area contributed by atoms with Gasteiger partial charge in [0.15, 0.2) is 0 Å². The molecule has 1 aliphatic carbocycles. The summed E-state index contributed by atoms with van der Waals surface area (Å²) in [6, 6.07) is 6.49. The lowest BCUT2D eigenvalue weighted by Crippen LogP contribution is -2.42. The highest BCUT2D eigenvalue weighted by atomic mass is 16.3. The van der Waals surface area contributed by atoms with Gasteiger partial charge in [-0.15, -0.1) is 0 Å². The normalized spacial score (nSPS) is 17.1. The van der Waals surface area contributed by atoms with Crippen molar-refractivity contribution in [1.29, 1.82) is 0 Å². The van der Waals surface area contributed by atoms with Crippen molar-refractivity contribution in [3.8, 4) is 5.75 Å². The molecule has 0 radical (unpaired) electrons. The first-order chi connectivity index (χ1) is 7.17. The second kappa shape index (κ2) is 3.55. The van der Waals surface area contributed by atoms with E-state index >= 15 is 0 Å². The van der Waals surface area contributed by atoms with Gasteiger partial charge in [0, 0.05) is 6.54 Å². The first-order valence-corrected chi connectivity index (χ1v) is 4.97. The van der Waals surface area contributed by atoms with Gasteiger partial charge in [-0.25, -0.2) is 0 Å². The lowest BCUT2D eigenvalue weighted by atomic mass is 10.1. The Morgan fingerprint density at radius 2 is 2.13 bits per heavy atom. The highest BCUT2D eigenvalue weighted by Gasteiger charge is 2.42. The number of aromatic hydroxyl groups is 1. The number of para-hydroxylation sites is 1. The molecule has 4 N–H and O–H groups in total. The summed E-state index contributed by atoms with van der Waals surface area (Å²) in [5.41, 5.74) is 5.64. The maximum absolute atomic E-state index is 11.8. The monoisotopic (exact) mass is 206 g/mol. The molecule has 1 aromatic rings. The van der Waals surface area contributed by atoms with Crippen LogP contribution in [0.4, 0.5) is 0 Å². The van der Waals surface area contributed by atoms with E-state index in [1.807, 2.05) is 0 Å². The third-order valence-electron chi connectivity index (χ3n) is 2.77. The van der Waals surface area contributed by atoms with Crippen LogP contribution in [0.5, 0.6) is 5.75 Å². The predicted octanol–water partition coefficient (Wildman–Crippen LogP) is 0.613. The van der Waals surface area contributed by atoms with Gasteiger partial charge in [0.2, 0.25) is 0 Å². The van der Waals surface area contributed by atoms with Crippen molar-refractivity contribution in [2.24, 2.45) is 5.73 Å². The summed E-state index contributed by atoms with van der Waals surface area (Å²) in [6.07, 6.45) is 1.84. The molecule has 80 valence electrons. The Balaban J connectivity index is 2.12. The van der Waals surface area contributed by atoms with Crippen molar-refractivity contribution in [1.82, 2.24) is 5.32 Å². The van der Waals surface area contributed by atoms with Gasteiger partial charge in [0.05, 0.1) is 11.1 Å². The molecule has 1 fully saturated rings. The van der Waals surface area contributed by atoms with Crippen molar-refractivity contribution in [3.05, 3.63) is 29.8 Å². The van der Waals surface area contributed by atoms with Crippen molar-refractivity contribution in [2.75, 3.05) is 6.54 Å². The van der Waals surface area contributed by atoms with Crippen LogP contribution in [0.3, 0.4) is 0 Å². The van der Waals surface area contributed by atoms with E-state index in [1.54, 1.807) is 18.2 Å². The zero-order chi connectivity index (χ0) is 10.9. The molecule has 4 nitrogen and oxygen atoms in total. The number of amides is 1. The van der Waals surface area contributed by atoms with Gasteiger partial charge in [-0.05, 0) is 25.0 Å². The number of phenolic OH excluding ortho intramolecular Hbond substituents is 1. The van der Waals surface area contributed by atoms with Gasteiger partial charge in [0.1, 0.15) is 5.75 Å². The van der Waals surface area contributed by atoms with E-state index in [0.29, 0.717) is 12.1 Å². The van der Waals surface area contributed by atoms with Crippen molar-refractivity contribution < 1.29 is 9.90 Å². The molecule has 0 unspecified atom stereocenters. The van der Waals surface area contributed by atoms with Gasteiger partial charge in [0.25, 0.3) is 5.91 Å². The van der Waals surface area contributed by atoms with Crippen LogP contribution in [0.1, 0.15) is 23.2 Å². The van der Waals surface area contributed by atoms with Crippen LogP contribution < -0.4 is 11.1 Å². The zero-order valence-electron chi connectivity index (χ0n) is 8.36. The van der Waals surface area contributed by atoms with Crippen molar-refractivity contribution in [2.45, 2.75) is 18.4 Å². The number of carbonyl (C=O) groups excluding carboxylic acids is 1. The Hall–Kier alpha value is -1.55. The molecule has 1 aromatic carbocycles. The average Bonchev–Trinajstić information content (AvgIpc) is 2.99. The molecular formula is C11H14N2O2. The molecule has 0 aliphatic heterocycles. The van der Waals surface area contributed by atoms with E-state index in [-0.39, 0.29) is 17.2 Å². The molecule has 0 heterocycles. The van der Waals surface area contributed by atoms with Gasteiger partial charge in [-0.2, -0.15) is 0 Å². The van der Waals surface area contributed by atoms with E-state index < -0.39 is 0 Å². The summed E-state index contributed by atoms with van der Waals surface area (Å²) < 4.78 is 0. The average molecular weight is 206 g/mol. The van der Waals surface area contributed by atoms with Gasteiger partial charge in [-0.3, -0.25) is 4.79 Å². The Bertz CT molecular complexity index is 386. The van der Waals surface area contributed by atoms with Crippen LogP contribution in [0.15, 0.2) is 24.3 Å². The van der Waals surface area contributed by atoms with E-state index in [9.17, 15) is 9.90 Å². The van der Waals surface area contributed by atoms with E-state index in [4.69, 9.17) is 5.73 Å². The largest absolute Gasteiger partial charge is 0.507 e. The molecule has 1 saturated carbocycles. The van der Waals surface area contributed by atoms with Crippen LogP contribution in [0.2, 0.25) is 0 Å². The molecule has 2 rings (SSSR count). The van der Waals surface area contributed by atoms with Crippen LogP contribution >= 0.6 is 0 Å². The molecule has 1 amide bonds. The fraction of sp³-hybridized carbons (Fsp3) is 0.364. The van der Waals surface area contributed by atoms with Gasteiger partial charge >= 0.3 is 0 Å². The Kier molecular flexibility index (Phi) is 2.36. The maximum atomic E-state index is 11.8. The highest BCUT2D eigenvalue weighted by Crippen LogP contribution is 2.34. The SMILES string of the molecule is NCC1(NC(=O)c2ccccc2O)CC1. The number of phenols is 1. The number of nitrogens with two attached hydrogens (primary N) is 1. The zero-order valence-corrected chi connectivity index (χ0v) is 8.36. The third-order valence-corrected chi connectivity index (χ3v) is 2.77. The van der Waals surface area contributed by atoms with Crippen molar-refractivity contribution >= 4 is 5.91 Å². The Morgan fingerprint density at radius 1 is 1.47 bits per heavy atom. The van der Waals surface area contributed by atoms with Crippen LogP contribution in [0.25, 0.3) is 0 Å². The minimum Gasteiger partial charge on any atom is -0.507 e. The molecule has 0 saturated heterocycles. The molecule has 0 spiro atoms. The van der Waals surface area contributed by atoms with Crippen LogP contribution in [-0.2, 0) is 0 Å². The second-order valence-corrected chi connectivity index (χ2v) is 3.96. The lowest BCUT2D eigenvalue weighted by molar-refractivity contribution is 0.0930. The fourth-order valence-corrected chi connectivity index (χ4v) is 1.50. The number of nitrogens with one attached hydrogen (secondary N) is 1. The van der Waals surface area contributed by atoms with Crippen molar-refractivity contribution in [3.63, 3.8) is 0 Å². The highest BCUT2D eigenvalue weighted by molar-refractivity contribution is 5.97. The number of hydrogen-bond donors (Lipinski definition) is 3. The topological polar surface area (TPSA) is 75.3 Å². The van der Waals surface area contributed by atoms with E-state index in [0.717, 1.165) is 12.8 Å². The molecule has 0 aromatic heterocycles. The van der Waals surface area contributed by atoms with Crippen LogP contribution in [0, 0.1) is 0 Å². The smallest absolute Gasteiger partial charge is 0.255 e. The maximum Gasteiger partial charge on any atom is 0.255 e. The summed E-state index contributed by atoms with van der Waals surface area (Å²) in [7, 11) is 0. The third kappa shape index (κ3) is 1.94.